The third-order valence-corrected chi connectivity index (χ3v) is 4.15. The van der Waals surface area contributed by atoms with Crippen LogP contribution < -0.4 is 0 Å². The largest absolute Gasteiger partial charge is 0.481 e. The molecule has 1 aromatic rings. The summed E-state index contributed by atoms with van der Waals surface area (Å²) in [6, 6.07) is 6.65. The number of hydrogen-bond donors (Lipinski definition) is 1. The van der Waals surface area contributed by atoms with Gasteiger partial charge in [0.05, 0.1) is 0 Å². The van der Waals surface area contributed by atoms with Gasteiger partial charge in [0.2, 0.25) is 0 Å². The Morgan fingerprint density at radius 1 is 1.26 bits per heavy atom. The first-order valence-corrected chi connectivity index (χ1v) is 7.05. The molecule has 1 aliphatic rings. The topological polar surface area (TPSA) is 40.5 Å². The minimum Gasteiger partial charge on any atom is -0.481 e. The van der Waals surface area contributed by atoms with Crippen LogP contribution in [0, 0.1) is 19.8 Å². The lowest BCUT2D eigenvalue weighted by Crippen LogP contribution is -2.33. The molecule has 0 radical (unpaired) electrons. The first-order valence-electron chi connectivity index (χ1n) is 7.05. The van der Waals surface area contributed by atoms with E-state index >= 15 is 0 Å². The van der Waals surface area contributed by atoms with Gasteiger partial charge in [-0.25, -0.2) is 0 Å². The molecule has 1 saturated heterocycles. The van der Waals surface area contributed by atoms with Gasteiger partial charge in [0.1, 0.15) is 0 Å². The van der Waals surface area contributed by atoms with E-state index in [0.717, 1.165) is 32.5 Å². The maximum Gasteiger partial charge on any atom is 0.303 e. The zero-order chi connectivity index (χ0) is 13.8. The van der Waals surface area contributed by atoms with Crippen LogP contribution in [0.4, 0.5) is 0 Å². The van der Waals surface area contributed by atoms with Crippen LogP contribution in [0.5, 0.6) is 0 Å². The summed E-state index contributed by atoms with van der Waals surface area (Å²) in [5.41, 5.74) is 4.04. The Bertz CT molecular complexity index is 448. The molecule has 1 N–H and O–H groups in total. The second-order valence-corrected chi connectivity index (χ2v) is 5.74. The average Bonchev–Trinajstić information content (AvgIpc) is 2.36. The number of hydrogen-bond acceptors (Lipinski definition) is 2. The lowest BCUT2D eigenvalue weighted by molar-refractivity contribution is -0.138. The fourth-order valence-corrected chi connectivity index (χ4v) is 2.76. The Hall–Kier alpha value is -1.35. The smallest absolute Gasteiger partial charge is 0.303 e. The Balaban J connectivity index is 1.85. The van der Waals surface area contributed by atoms with Crippen LogP contribution in [-0.2, 0) is 11.3 Å². The van der Waals surface area contributed by atoms with Crippen molar-refractivity contribution >= 4 is 5.97 Å². The quantitative estimate of drug-likeness (QED) is 0.905. The number of carbonyl (C=O) groups is 1. The molecule has 104 valence electrons. The summed E-state index contributed by atoms with van der Waals surface area (Å²) >= 11 is 0. The van der Waals surface area contributed by atoms with Gasteiger partial charge in [-0.05, 0) is 62.4 Å². The SMILES string of the molecule is Cc1ccc(CN2CCC(CC(=O)O)CC2)cc1C. The molecule has 0 atom stereocenters. The van der Waals surface area contributed by atoms with Crippen molar-refractivity contribution in [1.82, 2.24) is 4.90 Å². The molecule has 3 nitrogen and oxygen atoms in total. The number of aryl methyl sites for hydroxylation is 2. The maximum absolute atomic E-state index is 10.7. The summed E-state index contributed by atoms with van der Waals surface area (Å²) in [7, 11) is 0. The van der Waals surface area contributed by atoms with Crippen molar-refractivity contribution in [2.75, 3.05) is 13.1 Å². The van der Waals surface area contributed by atoms with E-state index < -0.39 is 5.97 Å². The number of aliphatic carboxylic acids is 1. The lowest BCUT2D eigenvalue weighted by Gasteiger charge is -2.31. The zero-order valence-corrected chi connectivity index (χ0v) is 11.9. The fraction of sp³-hybridized carbons (Fsp3) is 0.562. The molecule has 3 heteroatoms. The fourth-order valence-electron chi connectivity index (χ4n) is 2.76. The van der Waals surface area contributed by atoms with Crippen LogP contribution in [-0.4, -0.2) is 29.1 Å². The molecule has 0 amide bonds. The van der Waals surface area contributed by atoms with E-state index in [9.17, 15) is 4.79 Å². The number of carboxylic acids is 1. The van der Waals surface area contributed by atoms with Gasteiger partial charge in [0.15, 0.2) is 0 Å². The molecule has 1 fully saturated rings. The molecule has 0 aliphatic carbocycles. The molecular formula is C16H23NO2. The highest BCUT2D eigenvalue weighted by Crippen LogP contribution is 2.22. The van der Waals surface area contributed by atoms with Crippen LogP contribution in [0.3, 0.4) is 0 Å². The van der Waals surface area contributed by atoms with Crippen LogP contribution in [0.15, 0.2) is 18.2 Å². The molecule has 0 bridgehead atoms. The highest BCUT2D eigenvalue weighted by atomic mass is 16.4. The summed E-state index contributed by atoms with van der Waals surface area (Å²) < 4.78 is 0. The number of nitrogens with zero attached hydrogens (tertiary/aromatic N) is 1. The molecule has 0 unspecified atom stereocenters. The van der Waals surface area contributed by atoms with Gasteiger partial charge >= 0.3 is 5.97 Å². The summed E-state index contributed by atoms with van der Waals surface area (Å²) in [4.78, 5) is 13.1. The van der Waals surface area contributed by atoms with E-state index in [4.69, 9.17) is 5.11 Å². The minimum absolute atomic E-state index is 0.331. The van der Waals surface area contributed by atoms with Crippen LogP contribution in [0.1, 0.15) is 36.0 Å². The maximum atomic E-state index is 10.7. The standard InChI is InChI=1S/C16H23NO2/c1-12-3-4-15(9-13(12)2)11-17-7-5-14(6-8-17)10-16(18)19/h3-4,9,14H,5-8,10-11H2,1-2H3,(H,18,19). The van der Waals surface area contributed by atoms with Gasteiger partial charge in [0.25, 0.3) is 0 Å². The van der Waals surface area contributed by atoms with Gasteiger partial charge in [0, 0.05) is 13.0 Å². The highest BCUT2D eigenvalue weighted by Gasteiger charge is 2.21. The number of rotatable bonds is 4. The number of benzene rings is 1. The second kappa shape index (κ2) is 6.20. The summed E-state index contributed by atoms with van der Waals surface area (Å²) in [6.07, 6.45) is 2.35. The van der Waals surface area contributed by atoms with Gasteiger partial charge in [-0.1, -0.05) is 18.2 Å². The molecule has 19 heavy (non-hydrogen) atoms. The first kappa shape index (κ1) is 14.1. The highest BCUT2D eigenvalue weighted by molar-refractivity contribution is 5.67. The van der Waals surface area contributed by atoms with Crippen LogP contribution in [0.25, 0.3) is 0 Å². The molecular weight excluding hydrogens is 238 g/mol. The van der Waals surface area contributed by atoms with Gasteiger partial charge < -0.3 is 5.11 Å². The summed E-state index contributed by atoms with van der Waals surface area (Å²) in [6.45, 7) is 7.31. The minimum atomic E-state index is -0.660. The molecule has 1 heterocycles. The average molecular weight is 261 g/mol. The molecule has 0 spiro atoms. The van der Waals surface area contributed by atoms with Crippen LogP contribution in [0.2, 0.25) is 0 Å². The summed E-state index contributed by atoms with van der Waals surface area (Å²) in [5.74, 6) is -0.291. The van der Waals surface area contributed by atoms with E-state index in [-0.39, 0.29) is 0 Å². The normalized spacial score (nSPS) is 17.6. The van der Waals surface area contributed by atoms with E-state index in [1.165, 1.54) is 16.7 Å². The third kappa shape index (κ3) is 4.06. The van der Waals surface area contributed by atoms with Gasteiger partial charge in [-0.3, -0.25) is 9.69 Å². The van der Waals surface area contributed by atoms with E-state index in [2.05, 4.69) is 36.9 Å². The van der Waals surface area contributed by atoms with E-state index in [1.807, 2.05) is 0 Å². The van der Waals surface area contributed by atoms with Crippen molar-refractivity contribution in [3.63, 3.8) is 0 Å². The Morgan fingerprint density at radius 2 is 1.95 bits per heavy atom. The number of piperidine rings is 1. The molecule has 0 aromatic heterocycles. The number of carboxylic acid groups (broad SMARTS) is 1. The van der Waals surface area contributed by atoms with E-state index in [1.54, 1.807) is 0 Å². The predicted octanol–water partition coefficient (Wildman–Crippen LogP) is 2.99. The van der Waals surface area contributed by atoms with Crippen molar-refractivity contribution in [1.29, 1.82) is 0 Å². The van der Waals surface area contributed by atoms with Crippen molar-refractivity contribution in [2.24, 2.45) is 5.92 Å². The Morgan fingerprint density at radius 3 is 2.53 bits per heavy atom. The second-order valence-electron chi connectivity index (χ2n) is 5.74. The molecule has 2 rings (SSSR count). The van der Waals surface area contributed by atoms with E-state index in [0.29, 0.717) is 12.3 Å². The first-order chi connectivity index (χ1) is 9.04. The van der Waals surface area contributed by atoms with Crippen molar-refractivity contribution in [3.8, 4) is 0 Å². The third-order valence-electron chi connectivity index (χ3n) is 4.15. The monoisotopic (exact) mass is 261 g/mol. The number of likely N-dealkylation sites (tertiary alicyclic amines) is 1. The van der Waals surface area contributed by atoms with Crippen molar-refractivity contribution < 1.29 is 9.90 Å². The molecule has 1 aromatic carbocycles. The van der Waals surface area contributed by atoms with Gasteiger partial charge in [-0.15, -0.1) is 0 Å². The van der Waals surface area contributed by atoms with Crippen molar-refractivity contribution in [3.05, 3.63) is 34.9 Å². The van der Waals surface area contributed by atoms with Crippen LogP contribution >= 0.6 is 0 Å². The Kier molecular flexibility index (Phi) is 4.59. The summed E-state index contributed by atoms with van der Waals surface area (Å²) in [5, 5.41) is 8.81. The Labute approximate surface area is 115 Å². The van der Waals surface area contributed by atoms with Gasteiger partial charge in [-0.2, -0.15) is 0 Å². The zero-order valence-electron chi connectivity index (χ0n) is 11.9. The molecule has 1 aliphatic heterocycles. The molecule has 0 saturated carbocycles. The lowest BCUT2D eigenvalue weighted by atomic mass is 9.93. The predicted molar refractivity (Wildman–Crippen MR) is 76.2 cm³/mol. The van der Waals surface area contributed by atoms with Crippen molar-refractivity contribution in [2.45, 2.75) is 39.7 Å².